The molecule has 2 aromatic carbocycles. The average Bonchev–Trinajstić information content (AvgIpc) is 3.29. The number of rotatable bonds is 6. The number of aryl methyl sites for hydroxylation is 1. The maximum Gasteiger partial charge on any atom is 0.294 e. The summed E-state index contributed by atoms with van der Waals surface area (Å²) in [7, 11) is 0. The summed E-state index contributed by atoms with van der Waals surface area (Å²) in [6.45, 7) is 1.63. The molecule has 1 aromatic heterocycles. The van der Waals surface area contributed by atoms with E-state index in [-0.39, 0.29) is 11.4 Å². The maximum atomic E-state index is 12.7. The number of benzene rings is 2. The van der Waals surface area contributed by atoms with Crippen molar-refractivity contribution in [1.29, 1.82) is 0 Å². The van der Waals surface area contributed by atoms with Gasteiger partial charge in [-0.25, -0.2) is 0 Å². The van der Waals surface area contributed by atoms with Gasteiger partial charge in [0.1, 0.15) is 12.3 Å². The summed E-state index contributed by atoms with van der Waals surface area (Å²) in [4.78, 5) is 39.4. The van der Waals surface area contributed by atoms with Crippen molar-refractivity contribution in [2.45, 2.75) is 16.9 Å². The lowest BCUT2D eigenvalue weighted by Crippen LogP contribution is -2.36. The molecule has 162 valence electrons. The number of halogens is 1. The molecule has 6 nitrogen and oxygen atoms in total. The van der Waals surface area contributed by atoms with Gasteiger partial charge in [-0.1, -0.05) is 47.1 Å². The van der Waals surface area contributed by atoms with Crippen LogP contribution >= 0.6 is 35.1 Å². The quantitative estimate of drug-likeness (QED) is 0.428. The van der Waals surface area contributed by atoms with Gasteiger partial charge in [-0.2, -0.15) is 0 Å². The van der Waals surface area contributed by atoms with E-state index in [1.54, 1.807) is 36.4 Å². The monoisotopic (exact) mass is 484 g/mol. The summed E-state index contributed by atoms with van der Waals surface area (Å²) in [5.41, 5.74) is 1.66. The van der Waals surface area contributed by atoms with Gasteiger partial charge in [0.25, 0.3) is 11.1 Å². The number of hydrogen-bond acceptors (Lipinski definition) is 6. The van der Waals surface area contributed by atoms with Crippen molar-refractivity contribution >= 4 is 63.9 Å². The Labute approximate surface area is 198 Å². The van der Waals surface area contributed by atoms with Crippen molar-refractivity contribution in [3.8, 4) is 0 Å². The van der Waals surface area contributed by atoms with Gasteiger partial charge >= 0.3 is 0 Å². The summed E-state index contributed by atoms with van der Waals surface area (Å²) in [5, 5.41) is 3.25. The van der Waals surface area contributed by atoms with Gasteiger partial charge in [0, 0.05) is 21.7 Å². The topological polar surface area (TPSA) is 79.6 Å². The van der Waals surface area contributed by atoms with Gasteiger partial charge in [-0.05, 0) is 61.2 Å². The molecule has 1 saturated heterocycles. The number of furan rings is 1. The maximum absolute atomic E-state index is 12.7. The molecule has 0 saturated carbocycles. The summed E-state index contributed by atoms with van der Waals surface area (Å²) in [5.74, 6) is -0.579. The molecular formula is C23H17ClN2O4S2. The van der Waals surface area contributed by atoms with Crippen LogP contribution in [0.2, 0.25) is 5.02 Å². The van der Waals surface area contributed by atoms with Crippen LogP contribution in [0.3, 0.4) is 0 Å². The van der Waals surface area contributed by atoms with Crippen LogP contribution in [0.15, 0.2) is 80.0 Å². The fourth-order valence-electron chi connectivity index (χ4n) is 2.87. The average molecular weight is 485 g/mol. The van der Waals surface area contributed by atoms with Crippen LogP contribution in [0.1, 0.15) is 11.3 Å². The summed E-state index contributed by atoms with van der Waals surface area (Å²) in [6, 6.07) is 18.2. The molecule has 0 unspecified atom stereocenters. The largest absolute Gasteiger partial charge is 0.450 e. The van der Waals surface area contributed by atoms with E-state index in [4.69, 9.17) is 16.0 Å². The van der Waals surface area contributed by atoms with E-state index in [1.165, 1.54) is 23.4 Å². The minimum absolute atomic E-state index is 0.201. The number of imide groups is 1. The van der Waals surface area contributed by atoms with Crippen LogP contribution in [0, 0.1) is 6.92 Å². The van der Waals surface area contributed by atoms with E-state index in [2.05, 4.69) is 5.32 Å². The second-order valence-electron chi connectivity index (χ2n) is 6.90. The molecule has 32 heavy (non-hydrogen) atoms. The molecule has 9 heteroatoms. The fraction of sp³-hybridized carbons (Fsp3) is 0.0870. The Kier molecular flexibility index (Phi) is 6.74. The first kappa shape index (κ1) is 22.3. The first-order chi connectivity index (χ1) is 15.4. The molecule has 0 aliphatic carbocycles. The van der Waals surface area contributed by atoms with Gasteiger partial charge in [-0.15, -0.1) is 0 Å². The Morgan fingerprint density at radius 1 is 1.16 bits per heavy atom. The second-order valence-corrected chi connectivity index (χ2v) is 9.41. The van der Waals surface area contributed by atoms with Crippen LogP contribution in [-0.4, -0.2) is 28.5 Å². The summed E-state index contributed by atoms with van der Waals surface area (Å²) >= 11 is 8.14. The number of hydrogen-bond donors (Lipinski definition) is 1. The number of carbonyl (C=O) groups excluding carboxylic acids is 3. The molecule has 0 spiro atoms. The van der Waals surface area contributed by atoms with Crippen LogP contribution in [-0.2, 0) is 9.59 Å². The smallest absolute Gasteiger partial charge is 0.294 e. The van der Waals surface area contributed by atoms with E-state index in [0.717, 1.165) is 21.6 Å². The molecule has 1 aliphatic heterocycles. The highest BCUT2D eigenvalue weighted by Crippen LogP contribution is 2.34. The molecule has 1 N–H and O–H groups in total. The number of anilines is 1. The van der Waals surface area contributed by atoms with Crippen molar-refractivity contribution in [2.75, 3.05) is 11.9 Å². The highest BCUT2D eigenvalue weighted by molar-refractivity contribution is 8.18. The summed E-state index contributed by atoms with van der Waals surface area (Å²) < 4.78 is 5.77. The summed E-state index contributed by atoms with van der Waals surface area (Å²) in [6.07, 6.45) is 1.51. The normalized spacial score (nSPS) is 14.9. The molecule has 1 aliphatic rings. The Bertz CT molecular complexity index is 1220. The van der Waals surface area contributed by atoms with Gasteiger partial charge in [-0.3, -0.25) is 19.3 Å². The highest BCUT2D eigenvalue weighted by atomic mass is 35.5. The third kappa shape index (κ3) is 5.45. The molecule has 0 atom stereocenters. The second kappa shape index (κ2) is 9.68. The lowest BCUT2D eigenvalue weighted by Gasteiger charge is -2.12. The van der Waals surface area contributed by atoms with Crippen molar-refractivity contribution < 1.29 is 18.8 Å². The van der Waals surface area contributed by atoms with Gasteiger partial charge in [0.05, 0.1) is 4.91 Å². The van der Waals surface area contributed by atoms with E-state index in [1.807, 2.05) is 31.2 Å². The first-order valence-electron chi connectivity index (χ1n) is 9.52. The zero-order valence-corrected chi connectivity index (χ0v) is 19.2. The number of amides is 3. The van der Waals surface area contributed by atoms with E-state index in [0.29, 0.717) is 21.6 Å². The molecule has 4 rings (SSSR count). The molecule has 3 aromatic rings. The van der Waals surface area contributed by atoms with E-state index < -0.39 is 17.1 Å². The zero-order valence-electron chi connectivity index (χ0n) is 16.8. The Hall–Kier alpha value is -2.94. The third-order valence-electron chi connectivity index (χ3n) is 4.40. The standard InChI is InChI=1S/C23H17ClN2O4S2/c1-14-5-8-18(9-6-14)31-21-10-7-17(30-21)12-19-22(28)26(23(29)32-19)13-20(27)25-16-4-2-3-15(24)11-16/h2-12H,13H2,1H3,(H,25,27)/b19-12-. The molecular weight excluding hydrogens is 468 g/mol. The van der Waals surface area contributed by atoms with Crippen LogP contribution in [0.4, 0.5) is 10.5 Å². The zero-order chi connectivity index (χ0) is 22.7. The van der Waals surface area contributed by atoms with Crippen molar-refractivity contribution in [2.24, 2.45) is 0 Å². The van der Waals surface area contributed by atoms with E-state index >= 15 is 0 Å². The molecule has 1 fully saturated rings. The minimum atomic E-state index is -0.537. The van der Waals surface area contributed by atoms with E-state index in [9.17, 15) is 14.4 Å². The van der Waals surface area contributed by atoms with Crippen LogP contribution in [0.25, 0.3) is 6.08 Å². The predicted octanol–water partition coefficient (Wildman–Crippen LogP) is 6.07. The predicted molar refractivity (Wildman–Crippen MR) is 127 cm³/mol. The number of nitrogens with one attached hydrogen (secondary N) is 1. The number of nitrogens with zero attached hydrogens (tertiary/aromatic N) is 1. The van der Waals surface area contributed by atoms with Crippen molar-refractivity contribution in [3.63, 3.8) is 0 Å². The van der Waals surface area contributed by atoms with Gasteiger partial charge < -0.3 is 9.73 Å². The number of thioether (sulfide) groups is 1. The van der Waals surface area contributed by atoms with Crippen molar-refractivity contribution in [3.05, 3.63) is 81.9 Å². The Morgan fingerprint density at radius 2 is 1.94 bits per heavy atom. The lowest BCUT2D eigenvalue weighted by molar-refractivity contribution is -0.127. The highest BCUT2D eigenvalue weighted by Gasteiger charge is 2.36. The van der Waals surface area contributed by atoms with Gasteiger partial charge in [0.15, 0.2) is 5.09 Å². The molecule has 2 heterocycles. The Morgan fingerprint density at radius 3 is 2.69 bits per heavy atom. The fourth-order valence-corrected chi connectivity index (χ4v) is 4.65. The molecule has 3 amide bonds. The van der Waals surface area contributed by atoms with Crippen molar-refractivity contribution in [1.82, 2.24) is 4.90 Å². The van der Waals surface area contributed by atoms with Gasteiger partial charge in [0.2, 0.25) is 5.91 Å². The lowest BCUT2D eigenvalue weighted by atomic mass is 10.2. The molecule has 0 bridgehead atoms. The third-order valence-corrected chi connectivity index (χ3v) is 6.47. The number of carbonyl (C=O) groups is 3. The Balaban J connectivity index is 1.40. The van der Waals surface area contributed by atoms with Crippen LogP contribution in [0.5, 0.6) is 0 Å². The molecule has 0 radical (unpaired) electrons. The first-order valence-corrected chi connectivity index (χ1v) is 11.5. The minimum Gasteiger partial charge on any atom is -0.450 e. The SMILES string of the molecule is Cc1ccc(Sc2ccc(/C=C3\SC(=O)N(CC(=O)Nc4cccc(Cl)c4)C3=O)o2)cc1. The van der Waals surface area contributed by atoms with Crippen LogP contribution < -0.4 is 5.32 Å².